The first-order valence-corrected chi connectivity index (χ1v) is 7.51. The third-order valence-corrected chi connectivity index (χ3v) is 4.98. The van der Waals surface area contributed by atoms with Gasteiger partial charge in [0.25, 0.3) is 10.0 Å². The lowest BCUT2D eigenvalue weighted by Crippen LogP contribution is -2.29. The van der Waals surface area contributed by atoms with Crippen molar-refractivity contribution in [3.63, 3.8) is 0 Å². The third kappa shape index (κ3) is 2.58. The first-order chi connectivity index (χ1) is 8.98. The second-order valence-electron chi connectivity index (χ2n) is 4.42. The molecule has 0 bridgehead atoms. The summed E-state index contributed by atoms with van der Waals surface area (Å²) in [5, 5.41) is 3.63. The Kier molecular flexibility index (Phi) is 3.79. The van der Waals surface area contributed by atoms with Gasteiger partial charge in [-0.1, -0.05) is 5.11 Å². The molecular formula is C10H16N6O2S. The van der Waals surface area contributed by atoms with Crippen LogP contribution in [0.25, 0.3) is 10.4 Å². The Morgan fingerprint density at radius 2 is 2.37 bits per heavy atom. The van der Waals surface area contributed by atoms with E-state index in [1.54, 1.807) is 17.7 Å². The molecule has 1 saturated heterocycles. The van der Waals surface area contributed by atoms with E-state index < -0.39 is 10.0 Å². The van der Waals surface area contributed by atoms with Gasteiger partial charge in [-0.05, 0) is 25.8 Å². The highest BCUT2D eigenvalue weighted by atomic mass is 32.2. The van der Waals surface area contributed by atoms with E-state index >= 15 is 0 Å². The molecular weight excluding hydrogens is 268 g/mol. The van der Waals surface area contributed by atoms with E-state index in [9.17, 15) is 8.42 Å². The predicted octanol–water partition coefficient (Wildman–Crippen LogP) is 1.28. The Balaban J connectivity index is 2.25. The second kappa shape index (κ2) is 5.20. The van der Waals surface area contributed by atoms with Crippen LogP contribution in [-0.4, -0.2) is 41.4 Å². The molecule has 0 aliphatic carbocycles. The third-order valence-electron chi connectivity index (χ3n) is 3.24. The highest BCUT2D eigenvalue weighted by Crippen LogP contribution is 2.22. The van der Waals surface area contributed by atoms with Crippen molar-refractivity contribution >= 4 is 10.0 Å². The van der Waals surface area contributed by atoms with Crippen LogP contribution in [0.3, 0.4) is 0 Å². The van der Waals surface area contributed by atoms with E-state index in [0.717, 1.165) is 0 Å². The maximum atomic E-state index is 12.4. The molecule has 8 nitrogen and oxygen atoms in total. The molecule has 2 rings (SSSR count). The van der Waals surface area contributed by atoms with Gasteiger partial charge in [0.2, 0.25) is 0 Å². The molecule has 0 aromatic carbocycles. The number of hydrogen-bond acceptors (Lipinski definition) is 4. The average molecular weight is 284 g/mol. The van der Waals surface area contributed by atoms with Gasteiger partial charge >= 0.3 is 0 Å². The molecule has 0 spiro atoms. The van der Waals surface area contributed by atoms with Gasteiger partial charge in [-0.15, -0.1) is 0 Å². The lowest BCUT2D eigenvalue weighted by molar-refractivity contribution is 0.469. The molecule has 0 amide bonds. The maximum absolute atomic E-state index is 12.4. The average Bonchev–Trinajstić information content (AvgIpc) is 2.96. The Bertz CT molecular complexity index is 616. The van der Waals surface area contributed by atoms with Crippen LogP contribution in [0.2, 0.25) is 0 Å². The maximum Gasteiger partial charge on any atom is 0.262 e. The lowest BCUT2D eigenvalue weighted by Gasteiger charge is -2.13. The summed E-state index contributed by atoms with van der Waals surface area (Å²) >= 11 is 0. The molecule has 2 heterocycles. The van der Waals surface area contributed by atoms with Crippen molar-refractivity contribution in [3.05, 3.63) is 22.5 Å². The molecule has 0 N–H and O–H groups in total. The van der Waals surface area contributed by atoms with Crippen LogP contribution < -0.4 is 0 Å². The van der Waals surface area contributed by atoms with Crippen LogP contribution in [0, 0.1) is 6.92 Å². The van der Waals surface area contributed by atoms with Crippen LogP contribution in [0.15, 0.2) is 16.3 Å². The fourth-order valence-electron chi connectivity index (χ4n) is 2.15. The van der Waals surface area contributed by atoms with Crippen molar-refractivity contribution in [3.8, 4) is 0 Å². The zero-order chi connectivity index (χ0) is 14.0. The summed E-state index contributed by atoms with van der Waals surface area (Å²) in [7, 11) is -3.58. The summed E-state index contributed by atoms with van der Waals surface area (Å²) in [6.45, 7) is 4.97. The Hall–Kier alpha value is -1.57. The molecule has 1 atom stereocenters. The van der Waals surface area contributed by atoms with E-state index in [1.165, 1.54) is 4.31 Å². The smallest absolute Gasteiger partial charge is 0.262 e. The molecule has 1 aliphatic heterocycles. The van der Waals surface area contributed by atoms with E-state index in [0.29, 0.717) is 25.3 Å². The number of hydrogen-bond donors (Lipinski definition) is 0. The van der Waals surface area contributed by atoms with Crippen molar-refractivity contribution in [2.24, 2.45) is 5.11 Å². The van der Waals surface area contributed by atoms with Gasteiger partial charge in [0, 0.05) is 30.7 Å². The quantitative estimate of drug-likeness (QED) is 0.472. The lowest BCUT2D eigenvalue weighted by atomic mass is 10.3. The number of aryl methyl sites for hydroxylation is 2. The number of rotatable bonds is 4. The monoisotopic (exact) mass is 284 g/mol. The molecule has 1 aromatic rings. The van der Waals surface area contributed by atoms with E-state index in [1.807, 2.05) is 6.92 Å². The van der Waals surface area contributed by atoms with Crippen molar-refractivity contribution in [2.75, 3.05) is 13.1 Å². The Morgan fingerprint density at radius 1 is 1.63 bits per heavy atom. The largest absolute Gasteiger partial charge is 0.334 e. The summed E-state index contributed by atoms with van der Waals surface area (Å²) in [6, 6.07) is -0.283. The highest BCUT2D eigenvalue weighted by Gasteiger charge is 2.33. The van der Waals surface area contributed by atoms with Crippen LogP contribution in [0.1, 0.15) is 19.2 Å². The fourth-order valence-corrected chi connectivity index (χ4v) is 3.64. The molecule has 1 aromatic heterocycles. The SMILES string of the molecule is CCn1cc(S(=O)(=O)N2CCC(N=[N+]=[N-])C2)nc1C. The molecule has 9 heteroatoms. The number of sulfonamides is 1. The number of nitrogens with zero attached hydrogens (tertiary/aromatic N) is 6. The zero-order valence-corrected chi connectivity index (χ0v) is 11.7. The van der Waals surface area contributed by atoms with Gasteiger partial charge in [0.1, 0.15) is 5.82 Å². The first-order valence-electron chi connectivity index (χ1n) is 6.07. The minimum Gasteiger partial charge on any atom is -0.334 e. The molecule has 1 aliphatic rings. The van der Waals surface area contributed by atoms with Gasteiger partial charge < -0.3 is 4.57 Å². The van der Waals surface area contributed by atoms with Gasteiger partial charge in [0.05, 0.1) is 6.04 Å². The number of aromatic nitrogens is 2. The highest BCUT2D eigenvalue weighted by molar-refractivity contribution is 7.89. The van der Waals surface area contributed by atoms with Gasteiger partial charge in [0.15, 0.2) is 5.03 Å². The molecule has 104 valence electrons. The van der Waals surface area contributed by atoms with Gasteiger partial charge in [-0.2, -0.15) is 4.31 Å². The van der Waals surface area contributed by atoms with Gasteiger partial charge in [-0.3, -0.25) is 0 Å². The second-order valence-corrected chi connectivity index (χ2v) is 6.31. The van der Waals surface area contributed by atoms with Crippen LogP contribution >= 0.6 is 0 Å². The normalized spacial score (nSPS) is 20.4. The molecule has 1 unspecified atom stereocenters. The number of azide groups is 1. The number of imidazole rings is 1. The fraction of sp³-hybridized carbons (Fsp3) is 0.700. The molecule has 0 radical (unpaired) electrons. The van der Waals surface area contributed by atoms with Crippen molar-refractivity contribution < 1.29 is 8.42 Å². The summed E-state index contributed by atoms with van der Waals surface area (Å²) in [5.74, 6) is 0.673. The van der Waals surface area contributed by atoms with Crippen LogP contribution in [-0.2, 0) is 16.6 Å². The standard InChI is InChI=1S/C10H16N6O2S/c1-3-15-7-10(12-8(15)2)19(17,18)16-5-4-9(6-16)13-14-11/h7,9H,3-6H2,1-2H3. The molecule has 1 fully saturated rings. The first kappa shape index (κ1) is 13.9. The predicted molar refractivity (Wildman–Crippen MR) is 68.9 cm³/mol. The van der Waals surface area contributed by atoms with Crippen molar-refractivity contribution in [2.45, 2.75) is 37.9 Å². The minimum absolute atomic E-state index is 0.0634. The van der Waals surface area contributed by atoms with Crippen molar-refractivity contribution in [1.82, 2.24) is 13.9 Å². The van der Waals surface area contributed by atoms with E-state index in [-0.39, 0.29) is 17.6 Å². The zero-order valence-electron chi connectivity index (χ0n) is 10.9. The summed E-state index contributed by atoms with van der Waals surface area (Å²) in [6.07, 6.45) is 2.10. The minimum atomic E-state index is -3.58. The topological polar surface area (TPSA) is 104 Å². The molecule has 0 saturated carbocycles. The summed E-state index contributed by atoms with van der Waals surface area (Å²) in [5.41, 5.74) is 8.38. The summed E-state index contributed by atoms with van der Waals surface area (Å²) < 4.78 is 27.9. The van der Waals surface area contributed by atoms with Crippen LogP contribution in [0.5, 0.6) is 0 Å². The Morgan fingerprint density at radius 3 is 2.95 bits per heavy atom. The van der Waals surface area contributed by atoms with Crippen molar-refractivity contribution in [1.29, 1.82) is 0 Å². The van der Waals surface area contributed by atoms with E-state index in [4.69, 9.17) is 5.53 Å². The van der Waals surface area contributed by atoms with Gasteiger partial charge in [-0.25, -0.2) is 13.4 Å². The van der Waals surface area contributed by atoms with E-state index in [2.05, 4.69) is 15.0 Å². The summed E-state index contributed by atoms with van der Waals surface area (Å²) in [4.78, 5) is 6.82. The Labute approximate surface area is 111 Å². The molecule has 19 heavy (non-hydrogen) atoms. The van der Waals surface area contributed by atoms with Crippen LogP contribution in [0.4, 0.5) is 0 Å².